The number of hydroxylamine groups is 1. The minimum atomic E-state index is -0.851. The van der Waals surface area contributed by atoms with E-state index in [1.54, 1.807) is 0 Å². The molecule has 0 saturated carbocycles. The van der Waals surface area contributed by atoms with E-state index >= 15 is 0 Å². The molecule has 2 aliphatic rings. The van der Waals surface area contributed by atoms with Crippen molar-refractivity contribution < 1.29 is 14.4 Å². The summed E-state index contributed by atoms with van der Waals surface area (Å²) in [6, 6.07) is 22.0. The molecule has 2 aromatic carbocycles. The van der Waals surface area contributed by atoms with Crippen molar-refractivity contribution in [1.82, 2.24) is 4.57 Å². The van der Waals surface area contributed by atoms with Crippen molar-refractivity contribution in [1.29, 1.82) is 0 Å². The number of para-hydroxylation sites is 1. The van der Waals surface area contributed by atoms with Crippen LogP contribution in [0.3, 0.4) is 0 Å². The van der Waals surface area contributed by atoms with E-state index in [1.165, 1.54) is 12.7 Å². The Balaban J connectivity index is 1.71. The number of fused-ring (bicyclic) bond motifs is 3. The molecular formula is C23H22N2O3. The molecule has 0 radical (unpaired) electrons. The average Bonchev–Trinajstić information content (AvgIpc) is 3.38. The fraction of sp³-hybridized carbons (Fsp3) is 0.261. The number of hydrogen-bond donors (Lipinski definition) is 0. The number of rotatable bonds is 3. The van der Waals surface area contributed by atoms with Gasteiger partial charge in [0.1, 0.15) is 17.6 Å². The van der Waals surface area contributed by atoms with E-state index in [4.69, 9.17) is 9.57 Å². The lowest BCUT2D eigenvalue weighted by Gasteiger charge is -2.29. The van der Waals surface area contributed by atoms with Crippen LogP contribution in [0.5, 0.6) is 0 Å². The minimum absolute atomic E-state index is 0.245. The number of esters is 1. The van der Waals surface area contributed by atoms with Crippen LogP contribution in [-0.2, 0) is 20.9 Å². The van der Waals surface area contributed by atoms with Crippen molar-refractivity contribution in [2.45, 2.75) is 25.6 Å². The first-order valence-corrected chi connectivity index (χ1v) is 9.46. The van der Waals surface area contributed by atoms with Crippen LogP contribution in [0.25, 0.3) is 0 Å². The Morgan fingerprint density at radius 1 is 1.07 bits per heavy atom. The fourth-order valence-corrected chi connectivity index (χ4v) is 4.63. The van der Waals surface area contributed by atoms with Gasteiger partial charge in [0.2, 0.25) is 0 Å². The molecule has 0 bridgehead atoms. The highest BCUT2D eigenvalue weighted by Gasteiger charge is 2.66. The highest BCUT2D eigenvalue weighted by atomic mass is 16.7. The predicted octanol–water partition coefficient (Wildman–Crippen LogP) is 4.20. The lowest BCUT2D eigenvalue weighted by atomic mass is 9.74. The van der Waals surface area contributed by atoms with Gasteiger partial charge in [0, 0.05) is 18.4 Å². The number of aromatic nitrogens is 1. The summed E-state index contributed by atoms with van der Waals surface area (Å²) in [5.74, 6) is -0.245. The number of hydrogen-bond acceptors (Lipinski definition) is 4. The molecule has 3 aromatic rings. The Labute approximate surface area is 164 Å². The maximum absolute atomic E-state index is 13.3. The second-order valence-corrected chi connectivity index (χ2v) is 7.55. The molecule has 0 spiro atoms. The molecule has 0 unspecified atom stereocenters. The zero-order valence-electron chi connectivity index (χ0n) is 15.9. The summed E-state index contributed by atoms with van der Waals surface area (Å²) >= 11 is 0. The summed E-state index contributed by atoms with van der Waals surface area (Å²) in [6.07, 6.45) is 1.58. The summed E-state index contributed by atoms with van der Waals surface area (Å²) in [5.41, 5.74) is 3.28. The first kappa shape index (κ1) is 17.1. The van der Waals surface area contributed by atoms with Gasteiger partial charge in [-0.3, -0.25) is 9.63 Å². The van der Waals surface area contributed by atoms with Crippen molar-refractivity contribution in [3.05, 3.63) is 89.7 Å². The van der Waals surface area contributed by atoms with Crippen LogP contribution in [0.15, 0.2) is 72.9 Å². The number of benzene rings is 2. The summed E-state index contributed by atoms with van der Waals surface area (Å²) < 4.78 is 7.48. The fourth-order valence-electron chi connectivity index (χ4n) is 4.63. The molecule has 5 heteroatoms. The molecule has 5 nitrogen and oxygen atoms in total. The number of anilines is 1. The SMILES string of the molecule is COC(=O)[C@@]12Cn3cccc3[C@@H]1N(c1ccccc1)O[C@@H]2c1ccc(C)cc1. The summed E-state index contributed by atoms with van der Waals surface area (Å²) in [6.45, 7) is 2.57. The highest BCUT2D eigenvalue weighted by Crippen LogP contribution is 2.61. The molecule has 0 aliphatic carbocycles. The zero-order chi connectivity index (χ0) is 19.3. The molecule has 0 amide bonds. The Hall–Kier alpha value is -3.05. The number of aryl methyl sites for hydroxylation is 1. The Kier molecular flexibility index (Phi) is 3.81. The second-order valence-electron chi connectivity index (χ2n) is 7.55. The Bertz CT molecular complexity index is 1010. The van der Waals surface area contributed by atoms with E-state index in [2.05, 4.69) is 29.7 Å². The van der Waals surface area contributed by atoms with Gasteiger partial charge in [-0.25, -0.2) is 5.06 Å². The molecular weight excluding hydrogens is 352 g/mol. The number of ether oxygens (including phenoxy) is 1. The van der Waals surface area contributed by atoms with E-state index in [-0.39, 0.29) is 12.0 Å². The third-order valence-electron chi connectivity index (χ3n) is 5.94. The number of nitrogens with zero attached hydrogens (tertiary/aromatic N) is 2. The van der Waals surface area contributed by atoms with Crippen molar-refractivity contribution in [3.63, 3.8) is 0 Å². The molecule has 3 atom stereocenters. The van der Waals surface area contributed by atoms with Gasteiger partial charge in [-0.05, 0) is 36.8 Å². The maximum atomic E-state index is 13.3. The van der Waals surface area contributed by atoms with Crippen LogP contribution in [0.1, 0.15) is 29.0 Å². The van der Waals surface area contributed by atoms with E-state index < -0.39 is 11.5 Å². The van der Waals surface area contributed by atoms with Gasteiger partial charge in [-0.15, -0.1) is 0 Å². The molecule has 5 rings (SSSR count). The van der Waals surface area contributed by atoms with Gasteiger partial charge in [-0.1, -0.05) is 48.0 Å². The third kappa shape index (κ3) is 2.26. The number of methoxy groups -OCH3 is 1. The van der Waals surface area contributed by atoms with Gasteiger partial charge in [0.05, 0.1) is 12.8 Å². The molecule has 2 aliphatic heterocycles. The molecule has 1 aromatic heterocycles. The van der Waals surface area contributed by atoms with E-state index in [9.17, 15) is 4.79 Å². The standard InChI is InChI=1S/C23H22N2O3/c1-16-10-12-17(13-11-16)21-23(22(26)27-2)15-24-14-6-9-19(24)20(23)25(28-21)18-7-4-3-5-8-18/h3-14,20-21H,15H2,1-2H3/t20-,21+,23-/m0/s1. The van der Waals surface area contributed by atoms with Crippen molar-refractivity contribution >= 4 is 11.7 Å². The van der Waals surface area contributed by atoms with Crippen molar-refractivity contribution in [2.24, 2.45) is 5.41 Å². The first-order chi connectivity index (χ1) is 13.6. The predicted molar refractivity (Wildman–Crippen MR) is 106 cm³/mol. The molecule has 28 heavy (non-hydrogen) atoms. The van der Waals surface area contributed by atoms with Gasteiger partial charge < -0.3 is 9.30 Å². The van der Waals surface area contributed by atoms with Gasteiger partial charge in [-0.2, -0.15) is 0 Å². The van der Waals surface area contributed by atoms with Crippen molar-refractivity contribution in [3.8, 4) is 0 Å². The summed E-state index contributed by atoms with van der Waals surface area (Å²) in [7, 11) is 1.46. The van der Waals surface area contributed by atoms with Crippen LogP contribution >= 0.6 is 0 Å². The van der Waals surface area contributed by atoms with Crippen LogP contribution in [-0.4, -0.2) is 17.6 Å². The van der Waals surface area contributed by atoms with E-state index in [0.717, 1.165) is 16.9 Å². The number of carbonyl (C=O) groups is 1. The van der Waals surface area contributed by atoms with Crippen LogP contribution < -0.4 is 5.06 Å². The monoisotopic (exact) mass is 374 g/mol. The maximum Gasteiger partial charge on any atom is 0.319 e. The first-order valence-electron chi connectivity index (χ1n) is 9.46. The highest BCUT2D eigenvalue weighted by molar-refractivity contribution is 5.81. The average molecular weight is 374 g/mol. The summed E-state index contributed by atoms with van der Waals surface area (Å²) in [5, 5.41) is 1.89. The normalized spacial score (nSPS) is 25.4. The molecule has 142 valence electrons. The van der Waals surface area contributed by atoms with Crippen LogP contribution in [0.2, 0.25) is 0 Å². The van der Waals surface area contributed by atoms with Gasteiger partial charge in [0.15, 0.2) is 0 Å². The molecule has 1 fully saturated rings. The lowest BCUT2D eigenvalue weighted by Crippen LogP contribution is -2.40. The molecule has 0 N–H and O–H groups in total. The number of carbonyl (C=O) groups excluding carboxylic acids is 1. The summed E-state index contributed by atoms with van der Waals surface area (Å²) in [4.78, 5) is 19.8. The Morgan fingerprint density at radius 3 is 2.54 bits per heavy atom. The van der Waals surface area contributed by atoms with E-state index in [1.807, 2.05) is 59.8 Å². The van der Waals surface area contributed by atoms with E-state index in [0.29, 0.717) is 6.54 Å². The van der Waals surface area contributed by atoms with Crippen LogP contribution in [0, 0.1) is 12.3 Å². The van der Waals surface area contributed by atoms with Gasteiger partial charge in [0.25, 0.3) is 0 Å². The zero-order valence-corrected chi connectivity index (χ0v) is 15.9. The topological polar surface area (TPSA) is 43.7 Å². The van der Waals surface area contributed by atoms with Crippen molar-refractivity contribution in [2.75, 3.05) is 12.2 Å². The largest absolute Gasteiger partial charge is 0.468 e. The molecule has 3 heterocycles. The second kappa shape index (κ2) is 6.24. The van der Waals surface area contributed by atoms with Crippen LogP contribution in [0.4, 0.5) is 5.69 Å². The smallest absolute Gasteiger partial charge is 0.319 e. The molecule has 1 saturated heterocycles. The quantitative estimate of drug-likeness (QED) is 0.645. The third-order valence-corrected chi connectivity index (χ3v) is 5.94. The lowest BCUT2D eigenvalue weighted by molar-refractivity contribution is -0.157. The Morgan fingerprint density at radius 2 is 1.82 bits per heavy atom. The van der Waals surface area contributed by atoms with Gasteiger partial charge >= 0.3 is 5.97 Å². The minimum Gasteiger partial charge on any atom is -0.468 e.